The van der Waals surface area contributed by atoms with E-state index in [2.05, 4.69) is 18.7 Å². The summed E-state index contributed by atoms with van der Waals surface area (Å²) >= 11 is 0. The molecule has 0 amide bonds. The average Bonchev–Trinajstić information content (AvgIpc) is 3.12. The van der Waals surface area contributed by atoms with E-state index < -0.39 is 11.3 Å². The van der Waals surface area contributed by atoms with Crippen LogP contribution in [0.4, 0.5) is 0 Å². The minimum Gasteiger partial charge on any atom is -0.494 e. The van der Waals surface area contributed by atoms with Crippen LogP contribution in [0.3, 0.4) is 0 Å². The second-order valence-electron chi connectivity index (χ2n) is 12.9. The lowest BCUT2D eigenvalue weighted by Gasteiger charge is -2.38. The molecule has 3 aromatic carbocycles. The number of benzene rings is 3. The van der Waals surface area contributed by atoms with E-state index in [4.69, 9.17) is 14.2 Å². The highest BCUT2D eigenvalue weighted by Crippen LogP contribution is 2.47. The van der Waals surface area contributed by atoms with Crippen LogP contribution in [0.25, 0.3) is 6.08 Å². The predicted molar refractivity (Wildman–Crippen MR) is 189 cm³/mol. The summed E-state index contributed by atoms with van der Waals surface area (Å²) in [6.07, 6.45) is 15.2. The largest absolute Gasteiger partial charge is 0.494 e. The van der Waals surface area contributed by atoms with Crippen molar-refractivity contribution in [3.63, 3.8) is 0 Å². The van der Waals surface area contributed by atoms with Gasteiger partial charge in [-0.1, -0.05) is 76.3 Å². The van der Waals surface area contributed by atoms with Crippen LogP contribution in [0.15, 0.2) is 72.8 Å². The summed E-state index contributed by atoms with van der Waals surface area (Å²) in [5.74, 6) is 1.52. The number of piperidine rings is 1. The van der Waals surface area contributed by atoms with Gasteiger partial charge in [0.1, 0.15) is 35.6 Å². The number of likely N-dealkylation sites (tertiary alicyclic amines) is 1. The number of ether oxygens (including phenoxy) is 3. The Morgan fingerprint density at radius 1 is 0.766 bits per heavy atom. The molecule has 2 atom stereocenters. The van der Waals surface area contributed by atoms with Crippen molar-refractivity contribution in [2.24, 2.45) is 0 Å². The predicted octanol–water partition coefficient (Wildman–Crippen LogP) is 8.82. The van der Waals surface area contributed by atoms with Crippen LogP contribution in [0.5, 0.6) is 17.2 Å². The standard InChI is InChI=1S/C41H51NO5/c1-3-5-10-27-45-35-17-12-32(13-18-35)38-22-16-34-30-37(46-28-11-6-4-2)21-23-39(34)41(38,31-43)40(44)33-14-19-36(20-15-33)47-29-26-42-24-8-7-9-25-42/h12-23,30-31,38H,3-11,24-29H2,1-2H3. The van der Waals surface area contributed by atoms with Gasteiger partial charge in [0.2, 0.25) is 0 Å². The number of rotatable bonds is 18. The van der Waals surface area contributed by atoms with Gasteiger partial charge in [-0.15, -0.1) is 0 Å². The zero-order valence-electron chi connectivity index (χ0n) is 28.3. The molecule has 1 aliphatic carbocycles. The molecule has 1 fully saturated rings. The summed E-state index contributed by atoms with van der Waals surface area (Å²) in [5.41, 5.74) is 1.41. The normalized spacial score (nSPS) is 19.1. The first-order chi connectivity index (χ1) is 23.1. The number of nitrogens with zero attached hydrogens (tertiary/aromatic N) is 1. The molecule has 0 spiro atoms. The summed E-state index contributed by atoms with van der Waals surface area (Å²) in [5, 5.41) is 0. The summed E-state index contributed by atoms with van der Waals surface area (Å²) in [6.45, 7) is 9.40. The SMILES string of the molecule is CCCCCOc1ccc(C2C=Cc3cc(OCCCCC)ccc3C2(C=O)C(=O)c2ccc(OCCN3CCCCC3)cc2)cc1. The van der Waals surface area contributed by atoms with Gasteiger partial charge in [0.15, 0.2) is 5.78 Å². The van der Waals surface area contributed by atoms with Crippen LogP contribution >= 0.6 is 0 Å². The van der Waals surface area contributed by atoms with Crippen molar-refractivity contribution < 1.29 is 23.8 Å². The zero-order chi connectivity index (χ0) is 32.9. The number of allylic oxidation sites excluding steroid dienone is 1. The molecule has 0 N–H and O–H groups in total. The van der Waals surface area contributed by atoms with Crippen molar-refractivity contribution in [2.75, 3.05) is 39.5 Å². The molecule has 1 heterocycles. The molecular weight excluding hydrogens is 586 g/mol. The van der Waals surface area contributed by atoms with Gasteiger partial charge in [0.25, 0.3) is 0 Å². The first kappa shape index (κ1) is 34.4. The average molecular weight is 638 g/mol. The van der Waals surface area contributed by atoms with Gasteiger partial charge in [-0.25, -0.2) is 0 Å². The zero-order valence-corrected chi connectivity index (χ0v) is 28.3. The molecule has 1 aliphatic heterocycles. The number of Topliss-reactive ketones (excluding diaryl/α,β-unsaturated/α-hetero) is 1. The van der Waals surface area contributed by atoms with Crippen LogP contribution in [0, 0.1) is 0 Å². The highest BCUT2D eigenvalue weighted by molar-refractivity contribution is 6.16. The Balaban J connectivity index is 1.40. The third kappa shape index (κ3) is 8.53. The van der Waals surface area contributed by atoms with Crippen molar-refractivity contribution in [3.05, 3.63) is 95.1 Å². The fourth-order valence-corrected chi connectivity index (χ4v) is 6.76. The molecule has 47 heavy (non-hydrogen) atoms. The number of hydrogen-bond donors (Lipinski definition) is 0. The van der Waals surface area contributed by atoms with Gasteiger partial charge in [0.05, 0.1) is 13.2 Å². The summed E-state index contributed by atoms with van der Waals surface area (Å²) in [6, 6.07) is 20.8. The molecule has 1 saturated heterocycles. The van der Waals surface area contributed by atoms with E-state index in [1.165, 1.54) is 19.3 Å². The summed E-state index contributed by atoms with van der Waals surface area (Å²) in [7, 11) is 0. The minimum absolute atomic E-state index is 0.237. The lowest BCUT2D eigenvalue weighted by atomic mass is 9.61. The smallest absolute Gasteiger partial charge is 0.181 e. The first-order valence-electron chi connectivity index (χ1n) is 17.7. The lowest BCUT2D eigenvalue weighted by Crippen LogP contribution is -2.44. The molecule has 0 saturated carbocycles. The molecule has 250 valence electrons. The monoisotopic (exact) mass is 637 g/mol. The lowest BCUT2D eigenvalue weighted by molar-refractivity contribution is -0.111. The van der Waals surface area contributed by atoms with Gasteiger partial charge in [-0.2, -0.15) is 0 Å². The molecule has 3 aromatic rings. The third-order valence-corrected chi connectivity index (χ3v) is 9.50. The summed E-state index contributed by atoms with van der Waals surface area (Å²) < 4.78 is 18.0. The second kappa shape index (κ2) is 17.3. The molecule has 2 aliphatic rings. The van der Waals surface area contributed by atoms with Gasteiger partial charge in [-0.05, 0) is 104 Å². The second-order valence-corrected chi connectivity index (χ2v) is 12.9. The molecule has 2 unspecified atom stereocenters. The number of carbonyl (C=O) groups excluding carboxylic acids is 2. The number of aldehydes is 1. The van der Waals surface area contributed by atoms with Crippen molar-refractivity contribution in [1.82, 2.24) is 4.90 Å². The molecule has 5 rings (SSSR count). The Morgan fingerprint density at radius 2 is 1.36 bits per heavy atom. The van der Waals surface area contributed by atoms with Crippen molar-refractivity contribution in [3.8, 4) is 17.2 Å². The van der Waals surface area contributed by atoms with E-state index in [0.29, 0.717) is 30.9 Å². The van der Waals surface area contributed by atoms with Crippen molar-refractivity contribution in [1.29, 1.82) is 0 Å². The van der Waals surface area contributed by atoms with Gasteiger partial charge < -0.3 is 19.0 Å². The maximum Gasteiger partial charge on any atom is 0.181 e. The van der Waals surface area contributed by atoms with Gasteiger partial charge in [-0.3, -0.25) is 9.69 Å². The van der Waals surface area contributed by atoms with Crippen molar-refractivity contribution >= 4 is 18.1 Å². The highest BCUT2D eigenvalue weighted by atomic mass is 16.5. The van der Waals surface area contributed by atoms with Crippen LogP contribution < -0.4 is 14.2 Å². The third-order valence-electron chi connectivity index (χ3n) is 9.50. The Hall–Kier alpha value is -3.90. The van der Waals surface area contributed by atoms with Crippen LogP contribution in [-0.4, -0.2) is 56.4 Å². The maximum absolute atomic E-state index is 14.7. The van der Waals surface area contributed by atoms with E-state index in [1.54, 1.807) is 12.1 Å². The van der Waals surface area contributed by atoms with E-state index >= 15 is 0 Å². The first-order valence-corrected chi connectivity index (χ1v) is 17.7. The number of carbonyl (C=O) groups is 2. The van der Waals surface area contributed by atoms with E-state index in [1.807, 2.05) is 66.7 Å². The fourth-order valence-electron chi connectivity index (χ4n) is 6.76. The van der Waals surface area contributed by atoms with Gasteiger partial charge in [0, 0.05) is 18.0 Å². The molecule has 0 radical (unpaired) electrons. The quantitative estimate of drug-likeness (QED) is 0.0601. The molecule has 6 heteroatoms. The Bertz CT molecular complexity index is 1460. The number of hydrogen-bond acceptors (Lipinski definition) is 6. The summed E-state index contributed by atoms with van der Waals surface area (Å²) in [4.78, 5) is 30.6. The fraction of sp³-hybridized carbons (Fsp3) is 0.463. The Kier molecular flexibility index (Phi) is 12.7. The topological polar surface area (TPSA) is 65.1 Å². The molecular formula is C41H51NO5. The number of ketones is 1. The number of fused-ring (bicyclic) bond motifs is 1. The van der Waals surface area contributed by atoms with E-state index in [0.717, 1.165) is 92.8 Å². The van der Waals surface area contributed by atoms with Gasteiger partial charge >= 0.3 is 0 Å². The Morgan fingerprint density at radius 3 is 2.00 bits per heavy atom. The van der Waals surface area contributed by atoms with Crippen LogP contribution in [-0.2, 0) is 10.2 Å². The van der Waals surface area contributed by atoms with E-state index in [-0.39, 0.29) is 5.78 Å². The minimum atomic E-state index is -1.45. The molecule has 6 nitrogen and oxygen atoms in total. The Labute approximate surface area is 281 Å². The maximum atomic E-state index is 14.7. The molecule has 0 bridgehead atoms. The highest BCUT2D eigenvalue weighted by Gasteiger charge is 2.49. The van der Waals surface area contributed by atoms with Crippen LogP contribution in [0.1, 0.15) is 105 Å². The number of unbranched alkanes of at least 4 members (excludes halogenated alkanes) is 4. The van der Waals surface area contributed by atoms with Crippen LogP contribution in [0.2, 0.25) is 0 Å². The molecule has 0 aromatic heterocycles. The van der Waals surface area contributed by atoms with Crippen molar-refractivity contribution in [2.45, 2.75) is 83.0 Å². The van der Waals surface area contributed by atoms with E-state index in [9.17, 15) is 9.59 Å².